The Labute approximate surface area is 126 Å². The van der Waals surface area contributed by atoms with Gasteiger partial charge in [0.2, 0.25) is 0 Å². The molecule has 0 radical (unpaired) electrons. The van der Waals surface area contributed by atoms with E-state index in [1.54, 1.807) is 0 Å². The van der Waals surface area contributed by atoms with Gasteiger partial charge in [-0.15, -0.1) is 0 Å². The van der Waals surface area contributed by atoms with Gasteiger partial charge >= 0.3 is 0 Å². The number of halogens is 3. The van der Waals surface area contributed by atoms with E-state index >= 15 is 0 Å². The Morgan fingerprint density at radius 3 is 2.68 bits per heavy atom. The summed E-state index contributed by atoms with van der Waals surface area (Å²) in [4.78, 5) is 14.4. The summed E-state index contributed by atoms with van der Waals surface area (Å²) < 4.78 is 13.1. The first kappa shape index (κ1) is 14.8. The second kappa shape index (κ2) is 6.71. The highest BCUT2D eigenvalue weighted by Gasteiger charge is 2.27. The first-order chi connectivity index (χ1) is 9.13. The maximum absolute atomic E-state index is 13.1. The molecule has 0 unspecified atom stereocenters. The Hall–Kier alpha value is -0.610. The SMILES string of the molecule is O=C(c1ccc(F)c(Cl)c1)N(CCBr)C1CCCC1. The molecule has 1 saturated carbocycles. The third-order valence-electron chi connectivity index (χ3n) is 3.52. The van der Waals surface area contributed by atoms with E-state index in [0.29, 0.717) is 18.2 Å². The number of alkyl halides is 1. The van der Waals surface area contributed by atoms with Gasteiger partial charge in [-0.05, 0) is 31.0 Å². The molecule has 0 bridgehead atoms. The highest BCUT2D eigenvalue weighted by Crippen LogP contribution is 2.26. The van der Waals surface area contributed by atoms with Crippen molar-refractivity contribution in [1.29, 1.82) is 0 Å². The summed E-state index contributed by atoms with van der Waals surface area (Å²) in [5, 5.41) is 0.737. The number of hydrogen-bond donors (Lipinski definition) is 0. The minimum Gasteiger partial charge on any atom is -0.335 e. The average Bonchev–Trinajstić information content (AvgIpc) is 2.92. The van der Waals surface area contributed by atoms with E-state index in [1.165, 1.54) is 31.0 Å². The minimum absolute atomic E-state index is 0.00364. The van der Waals surface area contributed by atoms with Crippen LogP contribution in [-0.4, -0.2) is 28.7 Å². The van der Waals surface area contributed by atoms with E-state index in [2.05, 4.69) is 15.9 Å². The lowest BCUT2D eigenvalue weighted by Gasteiger charge is -2.28. The molecule has 0 spiro atoms. The lowest BCUT2D eigenvalue weighted by molar-refractivity contribution is 0.0696. The molecule has 19 heavy (non-hydrogen) atoms. The van der Waals surface area contributed by atoms with Crippen molar-refractivity contribution in [3.05, 3.63) is 34.6 Å². The molecule has 0 aliphatic heterocycles. The number of carbonyl (C=O) groups is 1. The smallest absolute Gasteiger partial charge is 0.254 e. The van der Waals surface area contributed by atoms with Gasteiger partial charge in [-0.2, -0.15) is 0 Å². The van der Waals surface area contributed by atoms with E-state index in [0.717, 1.165) is 18.2 Å². The van der Waals surface area contributed by atoms with Gasteiger partial charge in [0, 0.05) is 23.5 Å². The second-order valence-electron chi connectivity index (χ2n) is 4.75. The fourth-order valence-electron chi connectivity index (χ4n) is 2.55. The van der Waals surface area contributed by atoms with Crippen molar-refractivity contribution in [3.8, 4) is 0 Å². The minimum atomic E-state index is -0.494. The molecule has 0 saturated heterocycles. The molecule has 1 aliphatic carbocycles. The predicted octanol–water partition coefficient (Wildman–Crippen LogP) is 4.26. The van der Waals surface area contributed by atoms with Gasteiger partial charge < -0.3 is 4.90 Å². The van der Waals surface area contributed by atoms with Crippen molar-refractivity contribution in [1.82, 2.24) is 4.90 Å². The van der Waals surface area contributed by atoms with Crippen LogP contribution in [0.3, 0.4) is 0 Å². The van der Waals surface area contributed by atoms with Crippen molar-refractivity contribution >= 4 is 33.4 Å². The molecule has 1 aromatic carbocycles. The number of nitrogens with zero attached hydrogens (tertiary/aromatic N) is 1. The molecule has 0 heterocycles. The van der Waals surface area contributed by atoms with Crippen LogP contribution in [0.25, 0.3) is 0 Å². The Balaban J connectivity index is 2.20. The lowest BCUT2D eigenvalue weighted by atomic mass is 10.1. The fourth-order valence-corrected chi connectivity index (χ4v) is 3.11. The van der Waals surface area contributed by atoms with Crippen molar-refractivity contribution in [2.24, 2.45) is 0 Å². The van der Waals surface area contributed by atoms with Crippen LogP contribution >= 0.6 is 27.5 Å². The maximum Gasteiger partial charge on any atom is 0.254 e. The molecule has 1 aliphatic rings. The topological polar surface area (TPSA) is 20.3 Å². The van der Waals surface area contributed by atoms with Crippen LogP contribution < -0.4 is 0 Å². The number of benzene rings is 1. The molecule has 1 amide bonds. The van der Waals surface area contributed by atoms with Crippen LogP contribution in [0.2, 0.25) is 5.02 Å². The molecule has 5 heteroatoms. The molecule has 0 atom stereocenters. The van der Waals surface area contributed by atoms with Gasteiger partial charge in [0.15, 0.2) is 0 Å². The molecule has 1 aromatic rings. The predicted molar refractivity (Wildman–Crippen MR) is 78.5 cm³/mol. The Morgan fingerprint density at radius 1 is 1.42 bits per heavy atom. The van der Waals surface area contributed by atoms with Crippen molar-refractivity contribution in [3.63, 3.8) is 0 Å². The van der Waals surface area contributed by atoms with Gasteiger partial charge in [-0.3, -0.25) is 4.79 Å². The van der Waals surface area contributed by atoms with E-state index < -0.39 is 5.82 Å². The number of hydrogen-bond acceptors (Lipinski definition) is 1. The van der Waals surface area contributed by atoms with E-state index in [9.17, 15) is 9.18 Å². The first-order valence-corrected chi connectivity index (χ1v) is 7.95. The zero-order valence-electron chi connectivity index (χ0n) is 10.5. The largest absolute Gasteiger partial charge is 0.335 e. The normalized spacial score (nSPS) is 15.7. The Morgan fingerprint density at radius 2 is 2.11 bits per heavy atom. The summed E-state index contributed by atoms with van der Waals surface area (Å²) >= 11 is 9.13. The van der Waals surface area contributed by atoms with Crippen LogP contribution in [0, 0.1) is 5.82 Å². The number of rotatable bonds is 4. The molecule has 0 N–H and O–H groups in total. The van der Waals surface area contributed by atoms with Gasteiger partial charge in [-0.1, -0.05) is 40.4 Å². The molecular formula is C14H16BrClFNO. The highest BCUT2D eigenvalue weighted by molar-refractivity contribution is 9.09. The van der Waals surface area contributed by atoms with Crippen molar-refractivity contribution < 1.29 is 9.18 Å². The van der Waals surface area contributed by atoms with E-state index in [4.69, 9.17) is 11.6 Å². The summed E-state index contributed by atoms with van der Waals surface area (Å²) in [6.07, 6.45) is 4.43. The quantitative estimate of drug-likeness (QED) is 0.745. The molecule has 2 rings (SSSR count). The molecule has 1 fully saturated rings. The summed E-state index contributed by atoms with van der Waals surface area (Å²) in [6, 6.07) is 4.46. The van der Waals surface area contributed by atoms with Crippen molar-refractivity contribution in [2.45, 2.75) is 31.7 Å². The molecule has 2 nitrogen and oxygen atoms in total. The standard InChI is InChI=1S/C14H16BrClFNO/c15-7-8-18(11-3-1-2-4-11)14(19)10-5-6-13(17)12(16)9-10/h5-6,9,11H,1-4,7-8H2. The summed E-state index contributed by atoms with van der Waals surface area (Å²) in [5.41, 5.74) is 0.458. The average molecular weight is 349 g/mol. The molecular weight excluding hydrogens is 333 g/mol. The van der Waals surface area contributed by atoms with Crippen LogP contribution in [0.1, 0.15) is 36.0 Å². The van der Waals surface area contributed by atoms with Gasteiger partial charge in [0.05, 0.1) is 5.02 Å². The number of carbonyl (C=O) groups excluding carboxylic acids is 1. The summed E-state index contributed by atoms with van der Waals surface area (Å²) in [6.45, 7) is 0.665. The van der Waals surface area contributed by atoms with Gasteiger partial charge in [-0.25, -0.2) is 4.39 Å². The van der Waals surface area contributed by atoms with Crippen LogP contribution in [-0.2, 0) is 0 Å². The maximum atomic E-state index is 13.1. The summed E-state index contributed by atoms with van der Waals surface area (Å²) in [5.74, 6) is -0.556. The highest BCUT2D eigenvalue weighted by atomic mass is 79.9. The zero-order chi connectivity index (χ0) is 13.8. The van der Waals surface area contributed by atoms with Crippen LogP contribution in [0.15, 0.2) is 18.2 Å². The van der Waals surface area contributed by atoms with Crippen LogP contribution in [0.4, 0.5) is 4.39 Å². The lowest BCUT2D eigenvalue weighted by Crippen LogP contribution is -2.40. The monoisotopic (exact) mass is 347 g/mol. The van der Waals surface area contributed by atoms with Gasteiger partial charge in [0.25, 0.3) is 5.91 Å². The zero-order valence-corrected chi connectivity index (χ0v) is 12.9. The molecule has 0 aromatic heterocycles. The fraction of sp³-hybridized carbons (Fsp3) is 0.500. The van der Waals surface area contributed by atoms with E-state index in [-0.39, 0.29) is 10.9 Å². The third-order valence-corrected chi connectivity index (χ3v) is 4.16. The van der Waals surface area contributed by atoms with E-state index in [1.807, 2.05) is 4.90 Å². The van der Waals surface area contributed by atoms with Crippen molar-refractivity contribution in [2.75, 3.05) is 11.9 Å². The molecule has 104 valence electrons. The number of amides is 1. The van der Waals surface area contributed by atoms with Crippen LogP contribution in [0.5, 0.6) is 0 Å². The third kappa shape index (κ3) is 3.48. The van der Waals surface area contributed by atoms with Gasteiger partial charge in [0.1, 0.15) is 5.82 Å². The summed E-state index contributed by atoms with van der Waals surface area (Å²) in [7, 11) is 0. The first-order valence-electron chi connectivity index (χ1n) is 6.45. The Kier molecular flexibility index (Phi) is 5.22. The Bertz CT molecular complexity index is 463. The second-order valence-corrected chi connectivity index (χ2v) is 5.95.